The number of hydrogen-bond acceptors (Lipinski definition) is 7. The lowest BCUT2D eigenvalue weighted by atomic mass is 9.84. The fourth-order valence-corrected chi connectivity index (χ4v) is 4.68. The molecule has 1 atom stereocenters. The maximum Gasteiger partial charge on any atom is 0.323 e. The standard InChI is InChI=1S/C21H27N3O5/c1-27-20(26)18-11-16(22-28-2)12-24(18)13-19(25)23-9-7-21(8-10-23)17-6-4-3-5-15(17)14-29-21/h3-6,18H,7-14H2,1-2H3/b22-16+/t18-/m0/s1. The third-order valence-electron chi connectivity index (χ3n) is 6.22. The number of fused-ring (bicyclic) bond motifs is 2. The van der Waals surface area contributed by atoms with Crippen LogP contribution in [0.2, 0.25) is 0 Å². The maximum atomic E-state index is 12.9. The van der Waals surface area contributed by atoms with Crippen LogP contribution >= 0.6 is 0 Å². The summed E-state index contributed by atoms with van der Waals surface area (Å²) in [4.78, 5) is 33.6. The summed E-state index contributed by atoms with van der Waals surface area (Å²) in [6.45, 7) is 2.51. The number of ether oxygens (including phenoxy) is 2. The molecule has 0 saturated carbocycles. The smallest absolute Gasteiger partial charge is 0.323 e. The van der Waals surface area contributed by atoms with Crippen LogP contribution in [0.5, 0.6) is 0 Å². The number of methoxy groups -OCH3 is 1. The molecule has 29 heavy (non-hydrogen) atoms. The number of likely N-dealkylation sites (tertiary alicyclic amines) is 2. The van der Waals surface area contributed by atoms with Gasteiger partial charge in [0.05, 0.1) is 31.6 Å². The van der Waals surface area contributed by atoms with Gasteiger partial charge in [-0.1, -0.05) is 29.4 Å². The number of carbonyl (C=O) groups excluding carboxylic acids is 2. The molecule has 0 unspecified atom stereocenters. The molecule has 1 aromatic carbocycles. The molecule has 1 aromatic rings. The number of oxime groups is 1. The van der Waals surface area contributed by atoms with Gasteiger partial charge in [-0.15, -0.1) is 0 Å². The molecule has 3 aliphatic rings. The van der Waals surface area contributed by atoms with E-state index in [0.717, 1.165) is 18.6 Å². The molecule has 156 valence electrons. The average Bonchev–Trinajstić information content (AvgIpc) is 3.30. The molecular weight excluding hydrogens is 374 g/mol. The number of benzene rings is 1. The number of nitrogens with zero attached hydrogens (tertiary/aromatic N) is 3. The second-order valence-corrected chi connectivity index (χ2v) is 7.81. The highest BCUT2D eigenvalue weighted by atomic mass is 16.6. The van der Waals surface area contributed by atoms with Crippen molar-refractivity contribution in [2.75, 3.05) is 40.4 Å². The van der Waals surface area contributed by atoms with E-state index in [-0.39, 0.29) is 24.0 Å². The molecule has 0 N–H and O–H groups in total. The topological polar surface area (TPSA) is 80.7 Å². The van der Waals surface area contributed by atoms with Crippen LogP contribution in [0.4, 0.5) is 0 Å². The van der Waals surface area contributed by atoms with Gasteiger partial charge in [-0.3, -0.25) is 14.5 Å². The first-order valence-electron chi connectivity index (χ1n) is 9.97. The van der Waals surface area contributed by atoms with Crippen LogP contribution in [-0.4, -0.2) is 73.8 Å². The van der Waals surface area contributed by atoms with Crippen LogP contribution in [0.3, 0.4) is 0 Å². The highest BCUT2D eigenvalue weighted by Crippen LogP contribution is 2.43. The Balaban J connectivity index is 1.39. The SMILES string of the molecule is CO/N=C1\C[C@@H](C(=O)OC)N(CC(=O)N2CCC3(CC2)OCc2ccccc23)C1. The predicted molar refractivity (Wildman–Crippen MR) is 105 cm³/mol. The molecule has 3 heterocycles. The first-order chi connectivity index (χ1) is 14.1. The van der Waals surface area contributed by atoms with Crippen molar-refractivity contribution in [3.8, 4) is 0 Å². The minimum Gasteiger partial charge on any atom is -0.468 e. The quantitative estimate of drug-likeness (QED) is 0.559. The van der Waals surface area contributed by atoms with Gasteiger partial charge in [0.25, 0.3) is 0 Å². The summed E-state index contributed by atoms with van der Waals surface area (Å²) in [5.74, 6) is -0.341. The summed E-state index contributed by atoms with van der Waals surface area (Å²) < 4.78 is 11.1. The number of hydrogen-bond donors (Lipinski definition) is 0. The van der Waals surface area contributed by atoms with Gasteiger partial charge in [0.15, 0.2) is 0 Å². The molecule has 4 rings (SSSR count). The molecule has 8 heteroatoms. The zero-order chi connectivity index (χ0) is 20.4. The van der Waals surface area contributed by atoms with Crippen molar-refractivity contribution >= 4 is 17.6 Å². The molecule has 0 bridgehead atoms. The Kier molecular flexibility index (Phi) is 5.56. The van der Waals surface area contributed by atoms with E-state index in [4.69, 9.17) is 14.3 Å². The van der Waals surface area contributed by atoms with Gasteiger partial charge in [0.1, 0.15) is 13.2 Å². The van der Waals surface area contributed by atoms with Crippen LogP contribution < -0.4 is 0 Å². The lowest BCUT2D eigenvalue weighted by molar-refractivity contribution is -0.147. The Bertz CT molecular complexity index is 816. The van der Waals surface area contributed by atoms with Crippen molar-refractivity contribution < 1.29 is 23.9 Å². The molecule has 3 aliphatic heterocycles. The summed E-state index contributed by atoms with van der Waals surface area (Å²) in [5, 5.41) is 3.96. The lowest BCUT2D eigenvalue weighted by Crippen LogP contribution is -2.49. The van der Waals surface area contributed by atoms with Crippen LogP contribution in [0.1, 0.15) is 30.4 Å². The van der Waals surface area contributed by atoms with Crippen molar-refractivity contribution in [3.05, 3.63) is 35.4 Å². The number of esters is 1. The Morgan fingerprint density at radius 2 is 2.00 bits per heavy atom. The predicted octanol–water partition coefficient (Wildman–Crippen LogP) is 1.28. The van der Waals surface area contributed by atoms with Crippen LogP contribution in [0.15, 0.2) is 29.4 Å². The molecule has 1 spiro atoms. The van der Waals surface area contributed by atoms with Gasteiger partial charge in [-0.25, -0.2) is 0 Å². The first-order valence-corrected chi connectivity index (χ1v) is 9.97. The van der Waals surface area contributed by atoms with E-state index in [9.17, 15) is 9.59 Å². The lowest BCUT2D eigenvalue weighted by Gasteiger charge is -2.39. The number of amides is 1. The number of rotatable bonds is 4. The zero-order valence-corrected chi connectivity index (χ0v) is 16.9. The van der Waals surface area contributed by atoms with Crippen LogP contribution in [0, 0.1) is 0 Å². The second-order valence-electron chi connectivity index (χ2n) is 7.81. The van der Waals surface area contributed by atoms with Gasteiger partial charge in [-0.2, -0.15) is 0 Å². The third-order valence-corrected chi connectivity index (χ3v) is 6.22. The molecular formula is C21H27N3O5. The van der Waals surface area contributed by atoms with Crippen molar-refractivity contribution in [1.29, 1.82) is 0 Å². The normalized spacial score (nSPS) is 24.7. The van der Waals surface area contributed by atoms with Crippen LogP contribution in [-0.2, 0) is 36.1 Å². The molecule has 0 aromatic heterocycles. The monoisotopic (exact) mass is 401 g/mol. The fourth-order valence-electron chi connectivity index (χ4n) is 4.68. The third kappa shape index (κ3) is 3.74. The summed E-state index contributed by atoms with van der Waals surface area (Å²) in [7, 11) is 2.83. The highest BCUT2D eigenvalue weighted by Gasteiger charge is 2.44. The number of piperidine rings is 1. The van der Waals surface area contributed by atoms with E-state index in [1.807, 2.05) is 21.9 Å². The minimum absolute atomic E-state index is 0.0127. The van der Waals surface area contributed by atoms with Gasteiger partial charge >= 0.3 is 5.97 Å². The van der Waals surface area contributed by atoms with Crippen molar-refractivity contribution in [3.63, 3.8) is 0 Å². The Labute approximate surface area is 170 Å². The summed E-state index contributed by atoms with van der Waals surface area (Å²) in [6.07, 6.45) is 1.99. The summed E-state index contributed by atoms with van der Waals surface area (Å²) in [5.41, 5.74) is 2.98. The summed E-state index contributed by atoms with van der Waals surface area (Å²) in [6, 6.07) is 7.84. The molecule has 8 nitrogen and oxygen atoms in total. The van der Waals surface area contributed by atoms with Crippen LogP contribution in [0.25, 0.3) is 0 Å². The van der Waals surface area contributed by atoms with Gasteiger partial charge in [-0.05, 0) is 24.0 Å². The van der Waals surface area contributed by atoms with Gasteiger partial charge in [0, 0.05) is 26.1 Å². The van der Waals surface area contributed by atoms with E-state index >= 15 is 0 Å². The zero-order valence-electron chi connectivity index (χ0n) is 16.9. The molecule has 0 radical (unpaired) electrons. The largest absolute Gasteiger partial charge is 0.468 e. The van der Waals surface area contributed by atoms with Gasteiger partial charge < -0.3 is 19.2 Å². The Hall–Kier alpha value is -2.45. The summed E-state index contributed by atoms with van der Waals surface area (Å²) >= 11 is 0. The van der Waals surface area contributed by atoms with Gasteiger partial charge in [0.2, 0.25) is 5.91 Å². The maximum absolute atomic E-state index is 12.9. The van der Waals surface area contributed by atoms with E-state index < -0.39 is 6.04 Å². The Morgan fingerprint density at radius 1 is 1.24 bits per heavy atom. The van der Waals surface area contributed by atoms with Crippen molar-refractivity contribution in [2.45, 2.75) is 37.5 Å². The Morgan fingerprint density at radius 3 is 2.72 bits per heavy atom. The van der Waals surface area contributed by atoms with E-state index in [1.165, 1.54) is 25.3 Å². The van der Waals surface area contributed by atoms with E-state index in [0.29, 0.717) is 32.7 Å². The molecule has 0 aliphatic carbocycles. The minimum atomic E-state index is -0.501. The molecule has 2 saturated heterocycles. The van der Waals surface area contributed by atoms with Crippen molar-refractivity contribution in [2.24, 2.45) is 5.16 Å². The molecule has 1 amide bonds. The molecule has 2 fully saturated rings. The van der Waals surface area contributed by atoms with E-state index in [1.54, 1.807) is 0 Å². The average molecular weight is 401 g/mol. The van der Waals surface area contributed by atoms with E-state index in [2.05, 4.69) is 17.3 Å². The second kappa shape index (κ2) is 8.12. The van der Waals surface area contributed by atoms with Crippen molar-refractivity contribution in [1.82, 2.24) is 9.80 Å². The first kappa shape index (κ1) is 19.8. The fraction of sp³-hybridized carbons (Fsp3) is 0.571. The highest BCUT2D eigenvalue weighted by molar-refractivity contribution is 5.95. The number of carbonyl (C=O) groups is 2.